The van der Waals surface area contributed by atoms with Crippen LogP contribution in [0.5, 0.6) is 0 Å². The number of carbonyl (C=O) groups is 1. The number of thioether (sulfide) groups is 1. The number of aromatic nitrogens is 4. The number of anilines is 1. The van der Waals surface area contributed by atoms with Gasteiger partial charge in [0.05, 0.1) is 5.69 Å². The molecule has 0 aromatic carbocycles. The van der Waals surface area contributed by atoms with Crippen molar-refractivity contribution in [3.63, 3.8) is 0 Å². The van der Waals surface area contributed by atoms with Crippen LogP contribution in [0.3, 0.4) is 0 Å². The molecule has 0 saturated carbocycles. The van der Waals surface area contributed by atoms with Gasteiger partial charge in [-0.15, -0.1) is 10.2 Å². The van der Waals surface area contributed by atoms with Gasteiger partial charge < -0.3 is 4.74 Å². The predicted molar refractivity (Wildman–Crippen MR) is 94.8 cm³/mol. The SMILES string of the molecule is O=C(Cn1nc2c(cc1=O)CSCC2)Nc1nnc([C@H]2CCCO2)s1. The molecule has 4 rings (SSSR count). The Balaban J connectivity index is 1.43. The lowest BCUT2D eigenvalue weighted by Gasteiger charge is -2.15. The lowest BCUT2D eigenvalue weighted by atomic mass is 10.2. The van der Waals surface area contributed by atoms with Crippen molar-refractivity contribution in [3.8, 4) is 0 Å². The number of nitrogens with one attached hydrogen (secondary N) is 1. The number of fused-ring (bicyclic) bond motifs is 1. The molecule has 1 amide bonds. The molecule has 1 N–H and O–H groups in total. The number of ether oxygens (including phenoxy) is 1. The number of carbonyl (C=O) groups excluding carboxylic acids is 1. The first kappa shape index (κ1) is 16.7. The van der Waals surface area contributed by atoms with E-state index in [1.54, 1.807) is 17.8 Å². The Morgan fingerprint density at radius 1 is 1.44 bits per heavy atom. The Hall–Kier alpha value is -1.78. The van der Waals surface area contributed by atoms with E-state index in [-0.39, 0.29) is 24.1 Å². The van der Waals surface area contributed by atoms with Gasteiger partial charge in [-0.05, 0) is 24.2 Å². The van der Waals surface area contributed by atoms with Gasteiger partial charge in [0.2, 0.25) is 11.0 Å². The Morgan fingerprint density at radius 3 is 3.20 bits per heavy atom. The van der Waals surface area contributed by atoms with Crippen LogP contribution < -0.4 is 10.9 Å². The van der Waals surface area contributed by atoms with Gasteiger partial charge in [-0.3, -0.25) is 14.9 Å². The van der Waals surface area contributed by atoms with Crippen LogP contribution in [-0.4, -0.2) is 38.2 Å². The van der Waals surface area contributed by atoms with E-state index in [0.717, 1.165) is 53.6 Å². The first-order valence-corrected chi connectivity index (χ1v) is 10.1. The first-order chi connectivity index (χ1) is 12.2. The fourth-order valence-electron chi connectivity index (χ4n) is 2.85. The second-order valence-electron chi connectivity index (χ2n) is 5.91. The lowest BCUT2D eigenvalue weighted by Crippen LogP contribution is -2.31. The zero-order chi connectivity index (χ0) is 17.2. The normalized spacial score (nSPS) is 19.6. The molecule has 2 aliphatic rings. The van der Waals surface area contributed by atoms with Crippen molar-refractivity contribution >= 4 is 34.1 Å². The molecule has 1 atom stereocenters. The molecule has 2 aromatic heterocycles. The molecule has 0 radical (unpaired) electrons. The number of amides is 1. The van der Waals surface area contributed by atoms with Crippen LogP contribution in [0.15, 0.2) is 10.9 Å². The summed E-state index contributed by atoms with van der Waals surface area (Å²) in [7, 11) is 0. The smallest absolute Gasteiger partial charge is 0.267 e. The molecule has 1 saturated heterocycles. The predicted octanol–water partition coefficient (Wildman–Crippen LogP) is 1.37. The molecule has 0 spiro atoms. The fraction of sp³-hybridized carbons (Fsp3) is 0.533. The highest BCUT2D eigenvalue weighted by atomic mass is 32.2. The number of aryl methyl sites for hydroxylation is 1. The van der Waals surface area contributed by atoms with Crippen LogP contribution in [0.4, 0.5) is 5.13 Å². The zero-order valence-electron chi connectivity index (χ0n) is 13.4. The van der Waals surface area contributed by atoms with E-state index in [1.807, 2.05) is 0 Å². The summed E-state index contributed by atoms with van der Waals surface area (Å²) in [5.74, 6) is 1.46. The minimum atomic E-state index is -0.338. The van der Waals surface area contributed by atoms with Gasteiger partial charge in [0.1, 0.15) is 17.7 Å². The highest BCUT2D eigenvalue weighted by Gasteiger charge is 2.22. The molecule has 4 heterocycles. The summed E-state index contributed by atoms with van der Waals surface area (Å²) in [5.41, 5.74) is 1.62. The van der Waals surface area contributed by atoms with E-state index < -0.39 is 0 Å². The standard InChI is InChI=1S/C15H17N5O3S2/c21-12(16-15-18-17-14(25-15)11-2-1-4-23-11)7-20-13(22)6-9-8-24-5-3-10(9)19-20/h6,11H,1-5,7-8H2,(H,16,18,21)/t11-/m1/s1. The Labute approximate surface area is 152 Å². The average molecular weight is 379 g/mol. The number of hydrogen-bond donors (Lipinski definition) is 1. The molecular weight excluding hydrogens is 362 g/mol. The molecule has 0 unspecified atom stereocenters. The van der Waals surface area contributed by atoms with Gasteiger partial charge in [-0.2, -0.15) is 16.9 Å². The van der Waals surface area contributed by atoms with E-state index in [2.05, 4.69) is 20.6 Å². The van der Waals surface area contributed by atoms with Gasteiger partial charge in [0.15, 0.2) is 0 Å². The maximum absolute atomic E-state index is 12.2. The molecular formula is C15H17N5O3S2. The van der Waals surface area contributed by atoms with Crippen molar-refractivity contribution < 1.29 is 9.53 Å². The monoisotopic (exact) mass is 379 g/mol. The van der Waals surface area contributed by atoms with Crippen molar-refractivity contribution in [3.05, 3.63) is 32.7 Å². The molecule has 0 aliphatic carbocycles. The third kappa shape index (κ3) is 3.75. The zero-order valence-corrected chi connectivity index (χ0v) is 15.1. The van der Waals surface area contributed by atoms with Gasteiger partial charge in [-0.1, -0.05) is 11.3 Å². The second-order valence-corrected chi connectivity index (χ2v) is 8.02. The van der Waals surface area contributed by atoms with E-state index in [9.17, 15) is 9.59 Å². The van der Waals surface area contributed by atoms with Gasteiger partial charge in [0, 0.05) is 24.8 Å². The topological polar surface area (TPSA) is 99.0 Å². The summed E-state index contributed by atoms with van der Waals surface area (Å²) >= 11 is 3.10. The van der Waals surface area contributed by atoms with Crippen LogP contribution >= 0.6 is 23.1 Å². The van der Waals surface area contributed by atoms with Crippen LogP contribution in [0.2, 0.25) is 0 Å². The molecule has 8 nitrogen and oxygen atoms in total. The van der Waals surface area contributed by atoms with E-state index >= 15 is 0 Å². The maximum atomic E-state index is 12.2. The van der Waals surface area contributed by atoms with Crippen molar-refractivity contribution in [1.82, 2.24) is 20.0 Å². The molecule has 25 heavy (non-hydrogen) atoms. The molecule has 10 heteroatoms. The van der Waals surface area contributed by atoms with E-state index in [1.165, 1.54) is 16.0 Å². The molecule has 2 aromatic rings. The average Bonchev–Trinajstić information content (AvgIpc) is 3.26. The number of nitrogens with zero attached hydrogens (tertiary/aromatic N) is 4. The maximum Gasteiger partial charge on any atom is 0.267 e. The third-order valence-corrected chi connectivity index (χ3v) is 6.03. The Morgan fingerprint density at radius 2 is 2.36 bits per heavy atom. The minimum absolute atomic E-state index is 0.0223. The highest BCUT2D eigenvalue weighted by molar-refractivity contribution is 7.98. The van der Waals surface area contributed by atoms with E-state index in [4.69, 9.17) is 4.74 Å². The Kier molecular flexibility index (Phi) is 4.82. The van der Waals surface area contributed by atoms with Gasteiger partial charge in [-0.25, -0.2) is 4.68 Å². The summed E-state index contributed by atoms with van der Waals surface area (Å²) in [6.07, 6.45) is 2.74. The molecule has 132 valence electrons. The van der Waals surface area contributed by atoms with Crippen LogP contribution in [-0.2, 0) is 28.2 Å². The van der Waals surface area contributed by atoms with Crippen molar-refractivity contribution in [1.29, 1.82) is 0 Å². The van der Waals surface area contributed by atoms with Crippen molar-refractivity contribution in [2.45, 2.75) is 37.7 Å². The summed E-state index contributed by atoms with van der Waals surface area (Å²) in [6.45, 7) is 0.603. The highest BCUT2D eigenvalue weighted by Crippen LogP contribution is 2.31. The van der Waals surface area contributed by atoms with Gasteiger partial charge >= 0.3 is 0 Å². The number of hydrogen-bond acceptors (Lipinski definition) is 8. The Bertz CT molecular complexity index is 844. The lowest BCUT2D eigenvalue weighted by molar-refractivity contribution is -0.117. The van der Waals surface area contributed by atoms with Crippen molar-refractivity contribution in [2.75, 3.05) is 17.7 Å². The third-order valence-electron chi connectivity index (χ3n) is 4.09. The summed E-state index contributed by atoms with van der Waals surface area (Å²) in [6, 6.07) is 1.59. The summed E-state index contributed by atoms with van der Waals surface area (Å²) in [5, 5.41) is 16.3. The summed E-state index contributed by atoms with van der Waals surface area (Å²) < 4.78 is 6.77. The molecule has 1 fully saturated rings. The fourth-order valence-corrected chi connectivity index (χ4v) is 4.64. The molecule has 2 aliphatic heterocycles. The quantitative estimate of drug-likeness (QED) is 0.856. The summed E-state index contributed by atoms with van der Waals surface area (Å²) in [4.78, 5) is 24.4. The van der Waals surface area contributed by atoms with E-state index in [0.29, 0.717) is 5.13 Å². The van der Waals surface area contributed by atoms with Crippen molar-refractivity contribution in [2.24, 2.45) is 0 Å². The van der Waals surface area contributed by atoms with Crippen LogP contribution in [0.25, 0.3) is 0 Å². The largest absolute Gasteiger partial charge is 0.371 e. The second kappa shape index (κ2) is 7.22. The number of rotatable bonds is 4. The van der Waals surface area contributed by atoms with Crippen LogP contribution in [0.1, 0.15) is 35.2 Å². The van der Waals surface area contributed by atoms with Gasteiger partial charge in [0.25, 0.3) is 5.56 Å². The first-order valence-electron chi connectivity index (χ1n) is 8.11. The molecule has 0 bridgehead atoms. The minimum Gasteiger partial charge on any atom is -0.371 e. The van der Waals surface area contributed by atoms with Crippen LogP contribution in [0, 0.1) is 0 Å².